The number of likely N-dealkylation sites (tertiary alicyclic amines) is 2. The molecule has 0 radical (unpaired) electrons. The molecule has 3 aromatic rings. The van der Waals surface area contributed by atoms with Crippen LogP contribution in [0.4, 0.5) is 10.3 Å². The molecule has 4 heterocycles. The Morgan fingerprint density at radius 3 is 2.72 bits per heavy atom. The number of pyridine rings is 1. The van der Waals surface area contributed by atoms with E-state index in [0.29, 0.717) is 44.1 Å². The smallest absolute Gasteiger partial charge is 0.258 e. The number of fused-ring (bicyclic) bond motifs is 1. The number of hydrogen-bond donors (Lipinski definition) is 1. The van der Waals surface area contributed by atoms with Crippen LogP contribution in [0, 0.1) is 13.8 Å². The first-order chi connectivity index (χ1) is 18.8. The van der Waals surface area contributed by atoms with Crippen molar-refractivity contribution in [2.24, 2.45) is 0 Å². The number of benzene rings is 1. The van der Waals surface area contributed by atoms with E-state index in [0.717, 1.165) is 53.7 Å². The van der Waals surface area contributed by atoms with Crippen LogP contribution in [0.15, 0.2) is 42.6 Å². The van der Waals surface area contributed by atoms with Crippen LogP contribution in [0.3, 0.4) is 0 Å². The van der Waals surface area contributed by atoms with Gasteiger partial charge in [-0.1, -0.05) is 12.1 Å². The fraction of sp³-hybridized carbons (Fsp3) is 0.467. The number of anilines is 1. The fourth-order valence-corrected chi connectivity index (χ4v) is 5.87. The first-order valence-corrected chi connectivity index (χ1v) is 13.9. The quantitative estimate of drug-likeness (QED) is 0.453. The van der Waals surface area contributed by atoms with Gasteiger partial charge in [-0.25, -0.2) is 9.37 Å². The molecule has 0 saturated carbocycles. The van der Waals surface area contributed by atoms with Crippen LogP contribution in [0.25, 0.3) is 11.0 Å². The van der Waals surface area contributed by atoms with Crippen molar-refractivity contribution in [2.45, 2.75) is 65.2 Å². The van der Waals surface area contributed by atoms with Crippen LogP contribution in [-0.2, 0) is 11.3 Å². The Bertz CT molecular complexity index is 1400. The number of allylic oxidation sites excluding steroid dienone is 1. The molecule has 1 N–H and O–H groups in total. The van der Waals surface area contributed by atoms with Crippen LogP contribution < -0.4 is 5.32 Å². The van der Waals surface area contributed by atoms with E-state index in [1.807, 2.05) is 18.7 Å². The lowest BCUT2D eigenvalue weighted by Crippen LogP contribution is -2.34. The van der Waals surface area contributed by atoms with Gasteiger partial charge in [0.25, 0.3) is 5.91 Å². The number of rotatable bonds is 6. The molecule has 2 unspecified atom stereocenters. The summed E-state index contributed by atoms with van der Waals surface area (Å²) in [5.74, 6) is 0.221. The average molecular weight is 533 g/mol. The van der Waals surface area contributed by atoms with Crippen LogP contribution in [-0.4, -0.2) is 68.5 Å². The highest BCUT2D eigenvalue weighted by Crippen LogP contribution is 2.33. The molecule has 0 spiro atoms. The molecule has 2 fully saturated rings. The second-order valence-corrected chi connectivity index (χ2v) is 10.8. The molecule has 2 aliphatic heterocycles. The van der Waals surface area contributed by atoms with Crippen molar-refractivity contribution in [3.05, 3.63) is 65.0 Å². The summed E-state index contributed by atoms with van der Waals surface area (Å²) in [7, 11) is 0. The monoisotopic (exact) mass is 532 g/mol. The van der Waals surface area contributed by atoms with Crippen molar-refractivity contribution in [3.8, 4) is 0 Å². The first kappa shape index (κ1) is 27.0. The molecule has 2 aromatic heterocycles. The molecule has 2 aliphatic rings. The maximum absolute atomic E-state index is 13.8. The molecular formula is C30H37FN6O2. The molecule has 0 bridgehead atoms. The van der Waals surface area contributed by atoms with Gasteiger partial charge in [-0.2, -0.15) is 0 Å². The van der Waals surface area contributed by atoms with E-state index >= 15 is 0 Å². The third kappa shape index (κ3) is 6.03. The number of nitrogens with zero attached hydrogens (tertiary/aromatic N) is 5. The number of carbonyl (C=O) groups excluding carboxylic acids is 2. The third-order valence-electron chi connectivity index (χ3n) is 7.67. The van der Waals surface area contributed by atoms with Crippen molar-refractivity contribution in [1.82, 2.24) is 24.3 Å². The number of imidazole rings is 1. The number of carbonyl (C=O) groups is 2. The highest BCUT2D eigenvalue weighted by atomic mass is 19.1. The van der Waals surface area contributed by atoms with Crippen LogP contribution in [0.1, 0.15) is 65.8 Å². The molecule has 39 heavy (non-hydrogen) atoms. The molecule has 1 aromatic carbocycles. The number of aryl methyl sites for hydroxylation is 2. The van der Waals surface area contributed by atoms with Gasteiger partial charge >= 0.3 is 0 Å². The van der Waals surface area contributed by atoms with Crippen molar-refractivity contribution < 1.29 is 14.0 Å². The van der Waals surface area contributed by atoms with Gasteiger partial charge in [-0.05, 0) is 81.9 Å². The minimum absolute atomic E-state index is 0.00227. The summed E-state index contributed by atoms with van der Waals surface area (Å²) in [6, 6.07) is 7.59. The zero-order chi connectivity index (χ0) is 27.5. The van der Waals surface area contributed by atoms with Crippen LogP contribution in [0.2, 0.25) is 0 Å². The van der Waals surface area contributed by atoms with Crippen molar-refractivity contribution >= 4 is 28.8 Å². The SMILES string of the molecule is C/C=C/C(=O)N1CCCCC(n2c(NC(=O)c3ccnc(C)c3)nc3cc(CN4CCC(F)C4)cc(C)c32)C1. The molecular weight excluding hydrogens is 495 g/mol. The number of alkyl halides is 1. The molecule has 8 nitrogen and oxygen atoms in total. The second-order valence-electron chi connectivity index (χ2n) is 10.8. The number of amides is 2. The van der Waals surface area contributed by atoms with E-state index in [-0.39, 0.29) is 17.9 Å². The van der Waals surface area contributed by atoms with E-state index in [4.69, 9.17) is 4.98 Å². The summed E-state index contributed by atoms with van der Waals surface area (Å²) < 4.78 is 15.9. The normalized spacial score (nSPS) is 20.6. The lowest BCUT2D eigenvalue weighted by Gasteiger charge is -2.26. The lowest BCUT2D eigenvalue weighted by molar-refractivity contribution is -0.126. The Balaban J connectivity index is 1.55. The van der Waals surface area contributed by atoms with Crippen LogP contribution in [0.5, 0.6) is 0 Å². The summed E-state index contributed by atoms with van der Waals surface area (Å²) in [6.07, 6.45) is 7.58. The van der Waals surface area contributed by atoms with E-state index in [9.17, 15) is 14.0 Å². The second kappa shape index (κ2) is 11.7. The van der Waals surface area contributed by atoms with Gasteiger partial charge in [-0.15, -0.1) is 0 Å². The number of halogens is 1. The number of nitrogens with one attached hydrogen (secondary N) is 1. The molecule has 206 valence electrons. The topological polar surface area (TPSA) is 83.4 Å². The summed E-state index contributed by atoms with van der Waals surface area (Å²) in [4.78, 5) is 39.3. The molecule has 5 rings (SSSR count). The van der Waals surface area contributed by atoms with Gasteiger partial charge in [-0.3, -0.25) is 24.8 Å². The standard InChI is InChI=1S/C30H37FN6O2/c1-4-7-27(38)36-12-6-5-8-25(19-36)37-28-20(2)14-22(17-35-13-10-24(31)18-35)16-26(28)33-30(37)34-29(39)23-9-11-32-21(3)15-23/h4,7,9,11,14-16,24-25H,5-6,8,10,12-13,17-19H2,1-3H3,(H,33,34,39)/b7-4+. The summed E-state index contributed by atoms with van der Waals surface area (Å²) >= 11 is 0. The van der Waals surface area contributed by atoms with Crippen molar-refractivity contribution in [1.29, 1.82) is 0 Å². The molecule has 9 heteroatoms. The highest BCUT2D eigenvalue weighted by molar-refractivity contribution is 6.04. The molecule has 0 aliphatic carbocycles. The van der Waals surface area contributed by atoms with Gasteiger partial charge in [0, 0.05) is 50.2 Å². The molecule has 2 saturated heterocycles. The van der Waals surface area contributed by atoms with Crippen LogP contribution >= 0.6 is 0 Å². The van der Waals surface area contributed by atoms with Crippen molar-refractivity contribution in [3.63, 3.8) is 0 Å². The van der Waals surface area contributed by atoms with Gasteiger partial charge < -0.3 is 9.47 Å². The Morgan fingerprint density at radius 1 is 1.13 bits per heavy atom. The summed E-state index contributed by atoms with van der Waals surface area (Å²) in [5.41, 5.74) is 5.14. The Morgan fingerprint density at radius 2 is 1.97 bits per heavy atom. The minimum Gasteiger partial charge on any atom is -0.337 e. The predicted molar refractivity (Wildman–Crippen MR) is 150 cm³/mol. The first-order valence-electron chi connectivity index (χ1n) is 13.9. The van der Waals surface area contributed by atoms with E-state index < -0.39 is 6.17 Å². The van der Waals surface area contributed by atoms with E-state index in [1.54, 1.807) is 30.5 Å². The fourth-order valence-electron chi connectivity index (χ4n) is 5.87. The minimum atomic E-state index is -0.767. The van der Waals surface area contributed by atoms with E-state index in [2.05, 4.69) is 38.8 Å². The average Bonchev–Trinajstić information content (AvgIpc) is 3.37. The highest BCUT2D eigenvalue weighted by Gasteiger charge is 2.28. The third-order valence-corrected chi connectivity index (χ3v) is 7.67. The van der Waals surface area contributed by atoms with Crippen molar-refractivity contribution in [2.75, 3.05) is 31.5 Å². The van der Waals surface area contributed by atoms with Gasteiger partial charge in [0.05, 0.1) is 17.1 Å². The zero-order valence-electron chi connectivity index (χ0n) is 23.0. The van der Waals surface area contributed by atoms with E-state index in [1.165, 1.54) is 0 Å². The van der Waals surface area contributed by atoms with Gasteiger partial charge in [0.1, 0.15) is 6.17 Å². The van der Waals surface area contributed by atoms with Gasteiger partial charge in [0.2, 0.25) is 11.9 Å². The zero-order valence-corrected chi connectivity index (χ0v) is 23.0. The van der Waals surface area contributed by atoms with Gasteiger partial charge in [0.15, 0.2) is 0 Å². The summed E-state index contributed by atoms with van der Waals surface area (Å²) in [5, 5.41) is 3.06. The predicted octanol–water partition coefficient (Wildman–Crippen LogP) is 4.97. The Kier molecular flexibility index (Phi) is 8.07. The Labute approximate surface area is 228 Å². The largest absolute Gasteiger partial charge is 0.337 e. The number of hydrogen-bond acceptors (Lipinski definition) is 5. The molecule has 2 atom stereocenters. The maximum atomic E-state index is 13.8. The maximum Gasteiger partial charge on any atom is 0.258 e. The molecule has 2 amide bonds. The Hall–Kier alpha value is -3.59. The summed E-state index contributed by atoms with van der Waals surface area (Å²) in [6.45, 7) is 8.87. The lowest BCUT2D eigenvalue weighted by atomic mass is 10.1. The number of aromatic nitrogens is 3.